The fourth-order valence-corrected chi connectivity index (χ4v) is 6.07. The summed E-state index contributed by atoms with van der Waals surface area (Å²) in [6, 6.07) is 17.5. The van der Waals surface area contributed by atoms with Gasteiger partial charge in [0.1, 0.15) is 6.26 Å². The van der Waals surface area contributed by atoms with Crippen molar-refractivity contribution in [1.82, 2.24) is 4.98 Å². The molecular formula is C24H23N3O2. The summed E-state index contributed by atoms with van der Waals surface area (Å²) in [5.74, 6) is 2.46. The second-order valence-corrected chi connectivity index (χ2v) is 8.60. The minimum atomic E-state index is -0.242. The smallest absolute Gasteiger partial charge is 0.277 e. The molecule has 1 aliphatic heterocycles. The summed E-state index contributed by atoms with van der Waals surface area (Å²) < 4.78 is 4.93. The molecule has 0 saturated heterocycles. The SMILES string of the molecule is O=C(Nc1ccc2c(c1)C1C3CCC(C3)C1C(c1ccccc1)N2)c1cocn1. The normalized spacial score (nSPS) is 29.0. The van der Waals surface area contributed by atoms with Crippen LogP contribution in [-0.2, 0) is 0 Å². The van der Waals surface area contributed by atoms with E-state index in [4.69, 9.17) is 4.42 Å². The van der Waals surface area contributed by atoms with Crippen LogP contribution in [0.3, 0.4) is 0 Å². The van der Waals surface area contributed by atoms with Crippen LogP contribution in [0.1, 0.15) is 52.8 Å². The Morgan fingerprint density at radius 2 is 1.97 bits per heavy atom. The van der Waals surface area contributed by atoms with Crippen molar-refractivity contribution in [2.45, 2.75) is 31.2 Å². The van der Waals surface area contributed by atoms with Crippen molar-refractivity contribution in [3.8, 4) is 0 Å². The molecular weight excluding hydrogens is 362 g/mol. The van der Waals surface area contributed by atoms with Gasteiger partial charge in [-0.2, -0.15) is 0 Å². The molecule has 5 nitrogen and oxygen atoms in total. The van der Waals surface area contributed by atoms with E-state index in [1.165, 1.54) is 48.7 Å². The lowest BCUT2D eigenvalue weighted by molar-refractivity contribution is 0.102. The van der Waals surface area contributed by atoms with E-state index in [2.05, 4.69) is 58.1 Å². The maximum atomic E-state index is 12.4. The predicted molar refractivity (Wildman–Crippen MR) is 111 cm³/mol. The maximum absolute atomic E-state index is 12.4. The van der Waals surface area contributed by atoms with Gasteiger partial charge in [0.15, 0.2) is 12.1 Å². The highest BCUT2D eigenvalue weighted by atomic mass is 16.3. The van der Waals surface area contributed by atoms with Crippen LogP contribution < -0.4 is 10.6 Å². The first-order chi connectivity index (χ1) is 14.3. The Labute approximate surface area is 169 Å². The van der Waals surface area contributed by atoms with E-state index in [1.807, 2.05) is 6.07 Å². The minimum Gasteiger partial charge on any atom is -0.451 e. The van der Waals surface area contributed by atoms with Gasteiger partial charge < -0.3 is 15.1 Å². The van der Waals surface area contributed by atoms with Gasteiger partial charge in [-0.3, -0.25) is 4.79 Å². The second-order valence-electron chi connectivity index (χ2n) is 8.60. The van der Waals surface area contributed by atoms with Crippen LogP contribution in [0.25, 0.3) is 0 Å². The largest absolute Gasteiger partial charge is 0.451 e. The monoisotopic (exact) mass is 385 g/mol. The number of hydrogen-bond donors (Lipinski definition) is 2. The van der Waals surface area contributed by atoms with Crippen molar-refractivity contribution in [2.75, 3.05) is 10.6 Å². The van der Waals surface area contributed by atoms with Crippen molar-refractivity contribution in [3.63, 3.8) is 0 Å². The Balaban J connectivity index is 1.37. The van der Waals surface area contributed by atoms with Gasteiger partial charge in [-0.1, -0.05) is 30.3 Å². The Morgan fingerprint density at radius 3 is 2.79 bits per heavy atom. The summed E-state index contributed by atoms with van der Waals surface area (Å²) in [7, 11) is 0. The van der Waals surface area contributed by atoms with E-state index in [9.17, 15) is 4.79 Å². The highest BCUT2D eigenvalue weighted by molar-refractivity contribution is 6.02. The Hall–Kier alpha value is -3.08. The topological polar surface area (TPSA) is 67.2 Å². The molecule has 0 radical (unpaired) electrons. The number of nitrogens with one attached hydrogen (secondary N) is 2. The van der Waals surface area contributed by atoms with Crippen LogP contribution in [0.4, 0.5) is 11.4 Å². The number of rotatable bonds is 3. The van der Waals surface area contributed by atoms with Crippen molar-refractivity contribution in [2.24, 2.45) is 17.8 Å². The molecule has 2 fully saturated rings. The van der Waals surface area contributed by atoms with Gasteiger partial charge in [-0.05, 0) is 72.3 Å². The molecule has 3 aromatic rings. The molecule has 0 spiro atoms. The molecule has 146 valence electrons. The fraction of sp³-hybridized carbons (Fsp3) is 0.333. The minimum absolute atomic E-state index is 0.242. The summed E-state index contributed by atoms with van der Waals surface area (Å²) in [5, 5.41) is 6.81. The van der Waals surface area contributed by atoms with Gasteiger partial charge in [0.25, 0.3) is 5.91 Å². The number of oxazole rings is 1. The number of carbonyl (C=O) groups is 1. The molecule has 5 heteroatoms. The van der Waals surface area contributed by atoms with Gasteiger partial charge in [-0.15, -0.1) is 0 Å². The van der Waals surface area contributed by atoms with E-state index in [0.717, 1.165) is 17.5 Å². The standard InChI is InChI=1S/C24H23N3O2/c28-24(20-12-29-13-25-20)26-17-8-9-19-18(11-17)21-15-6-7-16(10-15)22(21)23(27-19)14-4-2-1-3-5-14/h1-5,8-9,11-13,15-16,21-23,27H,6-7,10H2,(H,26,28). The Kier molecular flexibility index (Phi) is 3.76. The highest BCUT2D eigenvalue weighted by Gasteiger charge is 2.53. The molecule has 29 heavy (non-hydrogen) atoms. The van der Waals surface area contributed by atoms with Crippen molar-refractivity contribution in [1.29, 1.82) is 0 Å². The third kappa shape index (κ3) is 2.68. The summed E-state index contributed by atoms with van der Waals surface area (Å²) in [6.07, 6.45) is 6.63. The van der Waals surface area contributed by atoms with Crippen molar-refractivity contribution < 1.29 is 9.21 Å². The van der Waals surface area contributed by atoms with Crippen molar-refractivity contribution in [3.05, 3.63) is 78.0 Å². The van der Waals surface area contributed by atoms with Crippen LogP contribution in [0.5, 0.6) is 0 Å². The van der Waals surface area contributed by atoms with Crippen LogP contribution in [0, 0.1) is 17.8 Å². The number of fused-ring (bicyclic) bond motifs is 7. The molecule has 6 rings (SSSR count). The molecule has 2 aromatic carbocycles. The zero-order valence-corrected chi connectivity index (χ0v) is 16.0. The van der Waals surface area contributed by atoms with Crippen LogP contribution >= 0.6 is 0 Å². The fourth-order valence-electron chi connectivity index (χ4n) is 6.07. The summed E-state index contributed by atoms with van der Waals surface area (Å²) in [5.41, 5.74) is 5.05. The van der Waals surface area contributed by atoms with Crippen molar-refractivity contribution >= 4 is 17.3 Å². The molecule has 2 heterocycles. The first kappa shape index (κ1) is 16.8. The van der Waals surface area contributed by atoms with Crippen LogP contribution in [0.15, 0.2) is 65.6 Å². The number of amides is 1. The first-order valence-corrected chi connectivity index (χ1v) is 10.4. The lowest BCUT2D eigenvalue weighted by atomic mass is 9.68. The molecule has 2 saturated carbocycles. The van der Waals surface area contributed by atoms with Gasteiger partial charge in [-0.25, -0.2) is 4.98 Å². The average Bonchev–Trinajstić information content (AvgIpc) is 3.51. The number of carbonyl (C=O) groups excluding carboxylic acids is 1. The van der Waals surface area contributed by atoms with Crippen LogP contribution in [0.2, 0.25) is 0 Å². The van der Waals surface area contributed by atoms with E-state index >= 15 is 0 Å². The quantitative estimate of drug-likeness (QED) is 0.648. The first-order valence-electron chi connectivity index (χ1n) is 10.4. The number of benzene rings is 2. The zero-order chi connectivity index (χ0) is 19.4. The molecule has 1 aromatic heterocycles. The molecule has 5 unspecified atom stereocenters. The zero-order valence-electron chi connectivity index (χ0n) is 16.0. The Morgan fingerprint density at radius 1 is 1.10 bits per heavy atom. The second kappa shape index (κ2) is 6.48. The number of nitrogens with zero attached hydrogens (tertiary/aromatic N) is 1. The van der Waals surface area contributed by atoms with Crippen LogP contribution in [-0.4, -0.2) is 10.9 Å². The number of hydrogen-bond acceptors (Lipinski definition) is 4. The van der Waals surface area contributed by atoms with E-state index in [1.54, 1.807) is 0 Å². The maximum Gasteiger partial charge on any atom is 0.277 e. The third-order valence-corrected chi connectivity index (χ3v) is 7.17. The third-order valence-electron chi connectivity index (χ3n) is 7.17. The molecule has 2 bridgehead atoms. The van der Waals surface area contributed by atoms with E-state index < -0.39 is 0 Å². The van der Waals surface area contributed by atoms with Gasteiger partial charge in [0.2, 0.25) is 0 Å². The highest BCUT2D eigenvalue weighted by Crippen LogP contribution is 2.63. The summed E-state index contributed by atoms with van der Waals surface area (Å²) in [6.45, 7) is 0. The van der Waals surface area contributed by atoms with Gasteiger partial charge in [0.05, 0.1) is 6.04 Å². The summed E-state index contributed by atoms with van der Waals surface area (Å²) >= 11 is 0. The number of aromatic nitrogens is 1. The van der Waals surface area contributed by atoms with Gasteiger partial charge >= 0.3 is 0 Å². The number of anilines is 2. The van der Waals surface area contributed by atoms with E-state index in [0.29, 0.717) is 23.6 Å². The summed E-state index contributed by atoms with van der Waals surface area (Å²) in [4.78, 5) is 16.3. The lowest BCUT2D eigenvalue weighted by Crippen LogP contribution is -2.35. The molecule has 5 atom stereocenters. The predicted octanol–water partition coefficient (Wildman–Crippen LogP) is 5.22. The molecule has 2 N–H and O–H groups in total. The van der Waals surface area contributed by atoms with Gasteiger partial charge in [0, 0.05) is 11.4 Å². The molecule has 2 aliphatic carbocycles. The lowest BCUT2D eigenvalue weighted by Gasteiger charge is -2.43. The average molecular weight is 385 g/mol. The van der Waals surface area contributed by atoms with E-state index in [-0.39, 0.29) is 5.91 Å². The Bertz CT molecular complexity index is 1050. The molecule has 1 amide bonds. The molecule has 3 aliphatic rings.